The van der Waals surface area contributed by atoms with Crippen molar-refractivity contribution in [3.8, 4) is 0 Å². The van der Waals surface area contributed by atoms with Crippen molar-refractivity contribution in [2.24, 2.45) is 17.3 Å². The molecule has 4 rings (SSSR count). The minimum atomic E-state index is 0.640. The molecule has 3 nitrogen and oxygen atoms in total. The average Bonchev–Trinajstić information content (AvgIpc) is 3.16. The van der Waals surface area contributed by atoms with Crippen LogP contribution in [0.15, 0.2) is 23.9 Å². The van der Waals surface area contributed by atoms with Crippen molar-refractivity contribution in [1.82, 2.24) is 14.7 Å². The Morgan fingerprint density at radius 2 is 1.96 bits per heavy atom. The molecule has 0 spiro atoms. The Labute approximate surface area is 142 Å². The lowest BCUT2D eigenvalue weighted by Gasteiger charge is -2.42. The van der Waals surface area contributed by atoms with Gasteiger partial charge in [-0.1, -0.05) is 26.0 Å². The standard InChI is InChI=1S/C20H33N3/c1-4-21-10-11-23(16(3)13-21)19-8-6-17(7-9-19)20-12-18(20)14-22(5-2)15-20/h6,8-9,16-18H,4-5,7,10-15H2,1-3H3. The zero-order valence-electron chi connectivity index (χ0n) is 15.2. The summed E-state index contributed by atoms with van der Waals surface area (Å²) < 4.78 is 0. The molecule has 4 unspecified atom stereocenters. The van der Waals surface area contributed by atoms with Gasteiger partial charge in [-0.2, -0.15) is 0 Å². The zero-order chi connectivity index (χ0) is 16.0. The van der Waals surface area contributed by atoms with E-state index in [0.29, 0.717) is 11.5 Å². The van der Waals surface area contributed by atoms with Crippen LogP contribution in [0.5, 0.6) is 0 Å². The lowest BCUT2D eigenvalue weighted by molar-refractivity contribution is 0.117. The molecule has 0 aromatic carbocycles. The Kier molecular flexibility index (Phi) is 4.05. The number of rotatable bonds is 4. The second-order valence-electron chi connectivity index (χ2n) is 8.23. The van der Waals surface area contributed by atoms with Gasteiger partial charge in [-0.15, -0.1) is 0 Å². The number of fused-ring (bicyclic) bond motifs is 1. The summed E-state index contributed by atoms with van der Waals surface area (Å²) in [4.78, 5) is 7.86. The third kappa shape index (κ3) is 2.66. The molecule has 0 aromatic heterocycles. The number of piperidine rings is 1. The number of likely N-dealkylation sites (N-methyl/N-ethyl adjacent to an activating group) is 1. The monoisotopic (exact) mass is 315 g/mol. The number of hydrogen-bond donors (Lipinski definition) is 0. The molecule has 1 saturated carbocycles. The number of piperazine rings is 1. The topological polar surface area (TPSA) is 9.72 Å². The lowest BCUT2D eigenvalue weighted by atomic mass is 9.82. The molecule has 0 N–H and O–H groups in total. The van der Waals surface area contributed by atoms with Crippen molar-refractivity contribution in [2.45, 2.75) is 39.7 Å². The summed E-state index contributed by atoms with van der Waals surface area (Å²) in [5.74, 6) is 1.78. The minimum absolute atomic E-state index is 0.640. The summed E-state index contributed by atoms with van der Waals surface area (Å²) in [6, 6.07) is 0.644. The molecule has 2 aliphatic heterocycles. The predicted molar refractivity (Wildman–Crippen MR) is 96.3 cm³/mol. The molecule has 2 heterocycles. The molecule has 0 radical (unpaired) electrons. The SMILES string of the molecule is CCN1CCN(C2=CCC(C34CC3CN(CC)C4)C=C2)C(C)C1. The van der Waals surface area contributed by atoms with Gasteiger partial charge in [0.15, 0.2) is 0 Å². The van der Waals surface area contributed by atoms with Crippen LogP contribution >= 0.6 is 0 Å². The average molecular weight is 316 g/mol. The van der Waals surface area contributed by atoms with Crippen molar-refractivity contribution in [1.29, 1.82) is 0 Å². The van der Waals surface area contributed by atoms with Crippen LogP contribution in [0.25, 0.3) is 0 Å². The highest BCUT2D eigenvalue weighted by Gasteiger charge is 2.62. The third-order valence-electron chi connectivity index (χ3n) is 7.03. The fourth-order valence-corrected chi connectivity index (χ4v) is 5.40. The van der Waals surface area contributed by atoms with E-state index in [1.807, 2.05) is 0 Å². The molecule has 4 atom stereocenters. The largest absolute Gasteiger partial charge is 0.367 e. The Morgan fingerprint density at radius 3 is 2.57 bits per heavy atom. The van der Waals surface area contributed by atoms with Gasteiger partial charge in [0.05, 0.1) is 0 Å². The van der Waals surface area contributed by atoms with E-state index in [0.717, 1.165) is 11.8 Å². The maximum atomic E-state index is 2.66. The minimum Gasteiger partial charge on any atom is -0.367 e. The van der Waals surface area contributed by atoms with Crippen LogP contribution in [0.3, 0.4) is 0 Å². The van der Waals surface area contributed by atoms with Crippen molar-refractivity contribution in [3.63, 3.8) is 0 Å². The molecule has 2 saturated heterocycles. The Morgan fingerprint density at radius 1 is 1.13 bits per heavy atom. The Balaban J connectivity index is 1.38. The van der Waals surface area contributed by atoms with Crippen molar-refractivity contribution >= 4 is 0 Å². The fourth-order valence-electron chi connectivity index (χ4n) is 5.40. The molecule has 128 valence electrons. The molecule has 23 heavy (non-hydrogen) atoms. The second kappa shape index (κ2) is 5.93. The van der Waals surface area contributed by atoms with Gasteiger partial charge in [0.2, 0.25) is 0 Å². The third-order valence-corrected chi connectivity index (χ3v) is 7.03. The van der Waals surface area contributed by atoms with Gasteiger partial charge in [-0.05, 0) is 56.2 Å². The highest BCUT2D eigenvalue weighted by atomic mass is 15.3. The maximum absolute atomic E-state index is 2.66. The van der Waals surface area contributed by atoms with E-state index in [4.69, 9.17) is 0 Å². The number of hydrogen-bond acceptors (Lipinski definition) is 3. The summed E-state index contributed by atoms with van der Waals surface area (Å²) in [6.07, 6.45) is 10.3. The van der Waals surface area contributed by atoms with Crippen molar-refractivity contribution in [2.75, 3.05) is 45.8 Å². The smallest absolute Gasteiger partial charge is 0.0389 e. The quantitative estimate of drug-likeness (QED) is 0.790. The fraction of sp³-hybridized carbons (Fsp3) is 0.800. The number of allylic oxidation sites excluding steroid dienone is 3. The van der Waals surface area contributed by atoms with Crippen LogP contribution in [0, 0.1) is 17.3 Å². The molecule has 0 bridgehead atoms. The first-order valence-corrected chi connectivity index (χ1v) is 9.76. The Bertz CT molecular complexity index is 511. The van der Waals surface area contributed by atoms with Gasteiger partial charge in [-0.3, -0.25) is 4.90 Å². The van der Waals surface area contributed by atoms with Crippen molar-refractivity contribution in [3.05, 3.63) is 23.9 Å². The first kappa shape index (κ1) is 15.7. The van der Waals surface area contributed by atoms with Gasteiger partial charge in [0, 0.05) is 44.5 Å². The highest BCUT2D eigenvalue weighted by molar-refractivity contribution is 5.28. The molecule has 0 aromatic rings. The van der Waals surface area contributed by atoms with Crippen LogP contribution in [-0.4, -0.2) is 66.6 Å². The summed E-state index contributed by atoms with van der Waals surface area (Å²) in [5, 5.41) is 0. The molecule has 2 aliphatic carbocycles. The normalized spacial score (nSPS) is 41.1. The lowest BCUT2D eigenvalue weighted by Crippen LogP contribution is -2.51. The predicted octanol–water partition coefficient (Wildman–Crippen LogP) is 2.81. The zero-order valence-corrected chi connectivity index (χ0v) is 15.2. The van der Waals surface area contributed by atoms with E-state index >= 15 is 0 Å². The van der Waals surface area contributed by atoms with Gasteiger partial charge < -0.3 is 9.80 Å². The van der Waals surface area contributed by atoms with E-state index in [2.05, 4.69) is 53.7 Å². The van der Waals surface area contributed by atoms with Crippen LogP contribution < -0.4 is 0 Å². The maximum Gasteiger partial charge on any atom is 0.0389 e. The first-order valence-electron chi connectivity index (χ1n) is 9.76. The molecular weight excluding hydrogens is 282 g/mol. The van der Waals surface area contributed by atoms with Gasteiger partial charge in [0.1, 0.15) is 0 Å². The number of nitrogens with zero attached hydrogens (tertiary/aromatic N) is 3. The van der Waals surface area contributed by atoms with E-state index in [9.17, 15) is 0 Å². The van der Waals surface area contributed by atoms with Gasteiger partial charge >= 0.3 is 0 Å². The highest BCUT2D eigenvalue weighted by Crippen LogP contribution is 2.63. The van der Waals surface area contributed by atoms with E-state index in [1.165, 1.54) is 64.4 Å². The van der Waals surface area contributed by atoms with E-state index < -0.39 is 0 Å². The van der Waals surface area contributed by atoms with E-state index in [-0.39, 0.29) is 0 Å². The summed E-state index contributed by atoms with van der Waals surface area (Å²) in [6.45, 7) is 15.7. The van der Waals surface area contributed by atoms with Crippen LogP contribution in [0.1, 0.15) is 33.6 Å². The summed E-state index contributed by atoms with van der Waals surface area (Å²) in [7, 11) is 0. The molecule has 3 fully saturated rings. The molecule has 4 aliphatic rings. The molecular formula is C20H33N3. The van der Waals surface area contributed by atoms with Gasteiger partial charge in [0.25, 0.3) is 0 Å². The van der Waals surface area contributed by atoms with Crippen molar-refractivity contribution < 1.29 is 0 Å². The van der Waals surface area contributed by atoms with Crippen LogP contribution in [0.2, 0.25) is 0 Å². The van der Waals surface area contributed by atoms with Crippen LogP contribution in [0.4, 0.5) is 0 Å². The molecule has 0 amide bonds. The molecule has 3 heteroatoms. The number of likely N-dealkylation sites (tertiary alicyclic amines) is 1. The second-order valence-corrected chi connectivity index (χ2v) is 8.23. The first-order chi connectivity index (χ1) is 11.2. The van der Waals surface area contributed by atoms with Gasteiger partial charge in [-0.25, -0.2) is 0 Å². The summed E-state index contributed by atoms with van der Waals surface area (Å²) in [5.41, 5.74) is 2.13. The van der Waals surface area contributed by atoms with E-state index in [1.54, 1.807) is 0 Å². The Hall–Kier alpha value is -0.800. The van der Waals surface area contributed by atoms with Crippen LogP contribution in [-0.2, 0) is 0 Å². The summed E-state index contributed by atoms with van der Waals surface area (Å²) >= 11 is 0.